The molecule has 0 aliphatic carbocycles. The molecule has 1 atom stereocenters. The van der Waals surface area contributed by atoms with Crippen LogP contribution in [0.2, 0.25) is 0 Å². The molecular weight excluding hydrogens is 243 g/mol. The van der Waals surface area contributed by atoms with Crippen molar-refractivity contribution < 1.29 is 18.3 Å². The monoisotopic (exact) mass is 251 g/mol. The zero-order chi connectivity index (χ0) is 13.3. The molecule has 92 valence electrons. The Balaban J connectivity index is 2.63. The van der Waals surface area contributed by atoms with E-state index in [2.05, 4.69) is 0 Å². The van der Waals surface area contributed by atoms with Gasteiger partial charge in [-0.15, -0.1) is 0 Å². The third-order valence-electron chi connectivity index (χ3n) is 2.65. The second-order valence-corrected chi connectivity index (χ2v) is 3.84. The van der Waals surface area contributed by atoms with Gasteiger partial charge in [0.2, 0.25) is 0 Å². The van der Waals surface area contributed by atoms with Crippen LogP contribution in [0.25, 0.3) is 10.8 Å². The van der Waals surface area contributed by atoms with Crippen LogP contribution in [0.1, 0.15) is 17.2 Å². The molecule has 0 saturated carbocycles. The summed E-state index contributed by atoms with van der Waals surface area (Å²) in [6, 6.07) is 10.5. The van der Waals surface area contributed by atoms with Gasteiger partial charge in [0.15, 0.2) is 6.10 Å². The maximum atomic E-state index is 12.5. The first-order valence-electron chi connectivity index (χ1n) is 5.11. The van der Waals surface area contributed by atoms with Gasteiger partial charge in [0, 0.05) is 0 Å². The van der Waals surface area contributed by atoms with E-state index >= 15 is 0 Å². The highest BCUT2D eigenvalue weighted by molar-refractivity contribution is 5.87. The molecule has 0 aliphatic heterocycles. The summed E-state index contributed by atoms with van der Waals surface area (Å²) in [4.78, 5) is 0. The van der Waals surface area contributed by atoms with Crippen molar-refractivity contribution in [3.05, 3.63) is 47.5 Å². The summed E-state index contributed by atoms with van der Waals surface area (Å²) < 4.78 is 37.5. The smallest absolute Gasteiger partial charge is 0.379 e. The van der Waals surface area contributed by atoms with Crippen molar-refractivity contribution in [2.45, 2.75) is 12.3 Å². The van der Waals surface area contributed by atoms with Crippen LogP contribution in [0.15, 0.2) is 36.4 Å². The quantitative estimate of drug-likeness (QED) is 0.845. The zero-order valence-corrected chi connectivity index (χ0v) is 9.07. The standard InChI is InChI=1S/C13H8F3NO/c14-13(15,16)12(18)11-3-1-2-9-6-8(7-17)4-5-10(9)11/h1-6,12,18H. The summed E-state index contributed by atoms with van der Waals surface area (Å²) in [6.07, 6.45) is -7.23. The van der Waals surface area contributed by atoms with Crippen LogP contribution >= 0.6 is 0 Å². The molecule has 0 fully saturated rings. The fraction of sp³-hybridized carbons (Fsp3) is 0.154. The van der Waals surface area contributed by atoms with E-state index < -0.39 is 12.3 Å². The number of hydrogen-bond donors (Lipinski definition) is 1. The first kappa shape index (κ1) is 12.4. The van der Waals surface area contributed by atoms with Crippen molar-refractivity contribution in [3.63, 3.8) is 0 Å². The normalized spacial score (nSPS) is 13.3. The number of nitriles is 1. The predicted molar refractivity (Wildman–Crippen MR) is 59.7 cm³/mol. The summed E-state index contributed by atoms with van der Waals surface area (Å²) in [5.74, 6) is 0. The highest BCUT2D eigenvalue weighted by Gasteiger charge is 2.40. The van der Waals surface area contributed by atoms with Crippen molar-refractivity contribution in [3.8, 4) is 6.07 Å². The van der Waals surface area contributed by atoms with E-state index in [9.17, 15) is 18.3 Å². The topological polar surface area (TPSA) is 44.0 Å². The maximum Gasteiger partial charge on any atom is 0.418 e. The molecule has 5 heteroatoms. The Morgan fingerprint density at radius 3 is 2.50 bits per heavy atom. The molecule has 0 radical (unpaired) electrons. The number of fused-ring (bicyclic) bond motifs is 1. The number of aliphatic hydroxyl groups excluding tert-OH is 1. The fourth-order valence-corrected chi connectivity index (χ4v) is 1.79. The second-order valence-electron chi connectivity index (χ2n) is 3.84. The van der Waals surface area contributed by atoms with Crippen LogP contribution in [-0.2, 0) is 0 Å². The number of alkyl halides is 3. The van der Waals surface area contributed by atoms with Gasteiger partial charge >= 0.3 is 6.18 Å². The van der Waals surface area contributed by atoms with Crippen LogP contribution < -0.4 is 0 Å². The average Bonchev–Trinajstić information content (AvgIpc) is 2.35. The molecule has 1 unspecified atom stereocenters. The molecule has 18 heavy (non-hydrogen) atoms. The number of rotatable bonds is 1. The van der Waals surface area contributed by atoms with Crippen LogP contribution in [0, 0.1) is 11.3 Å². The average molecular weight is 251 g/mol. The fourth-order valence-electron chi connectivity index (χ4n) is 1.79. The lowest BCUT2D eigenvalue weighted by atomic mass is 9.99. The van der Waals surface area contributed by atoms with E-state index in [0.29, 0.717) is 16.3 Å². The largest absolute Gasteiger partial charge is 0.418 e. The number of benzene rings is 2. The first-order valence-corrected chi connectivity index (χ1v) is 5.11. The Hall–Kier alpha value is -2.06. The van der Waals surface area contributed by atoms with Crippen molar-refractivity contribution in [2.75, 3.05) is 0 Å². The molecule has 0 aromatic heterocycles. The van der Waals surface area contributed by atoms with E-state index in [4.69, 9.17) is 5.26 Å². The minimum Gasteiger partial charge on any atom is -0.379 e. The SMILES string of the molecule is N#Cc1ccc2c(C(O)C(F)(F)F)cccc2c1. The number of halogens is 3. The van der Waals surface area contributed by atoms with Gasteiger partial charge in [-0.3, -0.25) is 0 Å². The molecule has 0 heterocycles. The molecule has 0 aliphatic rings. The molecule has 2 aromatic rings. The van der Waals surface area contributed by atoms with Crippen LogP contribution in [0.3, 0.4) is 0 Å². The van der Waals surface area contributed by atoms with Gasteiger partial charge < -0.3 is 5.11 Å². The van der Waals surface area contributed by atoms with Crippen molar-refractivity contribution >= 4 is 10.8 Å². The molecule has 0 spiro atoms. The lowest BCUT2D eigenvalue weighted by Gasteiger charge is -2.16. The molecule has 2 rings (SSSR count). The van der Waals surface area contributed by atoms with Gasteiger partial charge in [-0.2, -0.15) is 18.4 Å². The Morgan fingerprint density at radius 2 is 1.89 bits per heavy atom. The number of hydrogen-bond acceptors (Lipinski definition) is 2. The molecule has 2 nitrogen and oxygen atoms in total. The van der Waals surface area contributed by atoms with Gasteiger partial charge in [0.05, 0.1) is 11.6 Å². The third-order valence-corrected chi connectivity index (χ3v) is 2.65. The Morgan fingerprint density at radius 1 is 1.17 bits per heavy atom. The Labute approximate surface area is 101 Å². The van der Waals surface area contributed by atoms with Crippen LogP contribution in [0.4, 0.5) is 13.2 Å². The summed E-state index contributed by atoms with van der Waals surface area (Å²) >= 11 is 0. The lowest BCUT2D eigenvalue weighted by Crippen LogP contribution is -2.20. The van der Waals surface area contributed by atoms with E-state index in [0.717, 1.165) is 0 Å². The Bertz CT molecular complexity index is 628. The van der Waals surface area contributed by atoms with E-state index in [1.165, 1.54) is 30.3 Å². The third kappa shape index (κ3) is 2.15. The zero-order valence-electron chi connectivity index (χ0n) is 9.07. The lowest BCUT2D eigenvalue weighted by molar-refractivity contribution is -0.206. The van der Waals surface area contributed by atoms with Gasteiger partial charge in [-0.1, -0.05) is 24.3 Å². The predicted octanol–water partition coefficient (Wildman–Crippen LogP) is 3.31. The molecule has 0 bridgehead atoms. The van der Waals surface area contributed by atoms with E-state index in [-0.39, 0.29) is 5.56 Å². The maximum absolute atomic E-state index is 12.5. The number of aliphatic hydroxyl groups is 1. The molecular formula is C13H8F3NO. The van der Waals surface area contributed by atoms with Gasteiger partial charge in [-0.05, 0) is 28.5 Å². The minimum atomic E-state index is -4.71. The van der Waals surface area contributed by atoms with E-state index in [1.54, 1.807) is 6.07 Å². The summed E-state index contributed by atoms with van der Waals surface area (Å²) in [7, 11) is 0. The molecule has 0 amide bonds. The van der Waals surface area contributed by atoms with E-state index in [1.807, 2.05) is 6.07 Å². The highest BCUT2D eigenvalue weighted by atomic mass is 19.4. The van der Waals surface area contributed by atoms with Crippen molar-refractivity contribution in [1.82, 2.24) is 0 Å². The second kappa shape index (κ2) is 4.31. The van der Waals surface area contributed by atoms with Gasteiger partial charge in [0.25, 0.3) is 0 Å². The summed E-state index contributed by atoms with van der Waals surface area (Å²) in [5, 5.41) is 18.8. The summed E-state index contributed by atoms with van der Waals surface area (Å²) in [5.41, 5.74) is 0.158. The van der Waals surface area contributed by atoms with Gasteiger partial charge in [0.1, 0.15) is 0 Å². The molecule has 2 aromatic carbocycles. The minimum absolute atomic E-state index is 0.204. The van der Waals surface area contributed by atoms with Crippen LogP contribution in [0.5, 0.6) is 0 Å². The van der Waals surface area contributed by atoms with Crippen molar-refractivity contribution in [1.29, 1.82) is 5.26 Å². The Kier molecular flexibility index (Phi) is 2.97. The summed E-state index contributed by atoms with van der Waals surface area (Å²) in [6.45, 7) is 0. The number of nitrogens with zero attached hydrogens (tertiary/aromatic N) is 1. The first-order chi connectivity index (χ1) is 8.43. The highest BCUT2D eigenvalue weighted by Crippen LogP contribution is 2.36. The van der Waals surface area contributed by atoms with Gasteiger partial charge in [-0.25, -0.2) is 0 Å². The van der Waals surface area contributed by atoms with Crippen molar-refractivity contribution in [2.24, 2.45) is 0 Å². The molecule has 0 saturated heterocycles. The molecule has 1 N–H and O–H groups in total. The van der Waals surface area contributed by atoms with Crippen LogP contribution in [-0.4, -0.2) is 11.3 Å².